The third-order valence-electron chi connectivity index (χ3n) is 8.04. The van der Waals surface area contributed by atoms with Crippen molar-refractivity contribution in [1.29, 1.82) is 0 Å². The van der Waals surface area contributed by atoms with E-state index in [0.717, 1.165) is 25.3 Å². The van der Waals surface area contributed by atoms with Crippen molar-refractivity contribution in [3.8, 4) is 0 Å². The Bertz CT molecular complexity index is 1400. The molecule has 5 nitrogen and oxygen atoms in total. The molecule has 1 saturated heterocycles. The number of anilines is 1. The summed E-state index contributed by atoms with van der Waals surface area (Å²) in [6, 6.07) is 15.7. The average Bonchev–Trinajstić information content (AvgIpc) is 3.54. The smallest absolute Gasteiger partial charge is 0.305 e. The number of benzene rings is 2. The number of aromatic amines is 1. The van der Waals surface area contributed by atoms with Gasteiger partial charge < -0.3 is 4.98 Å². The lowest BCUT2D eigenvalue weighted by Gasteiger charge is -2.43. The van der Waals surface area contributed by atoms with Crippen LogP contribution in [0.25, 0.3) is 0 Å². The van der Waals surface area contributed by atoms with Gasteiger partial charge in [-0.25, -0.2) is 0 Å². The van der Waals surface area contributed by atoms with Crippen LogP contribution in [0.15, 0.2) is 67.3 Å². The zero-order chi connectivity index (χ0) is 23.3. The number of nitrogens with one attached hydrogen (secondary N) is 1. The van der Waals surface area contributed by atoms with E-state index in [1.54, 1.807) is 11.8 Å². The van der Waals surface area contributed by atoms with Crippen LogP contribution < -0.4 is 9.77 Å². The third kappa shape index (κ3) is 2.93. The van der Waals surface area contributed by atoms with E-state index < -0.39 is 0 Å². The van der Waals surface area contributed by atoms with Crippen LogP contribution in [0.3, 0.4) is 0 Å². The summed E-state index contributed by atoms with van der Waals surface area (Å²) in [5.41, 5.74) is 1.82. The number of hydrogen-bond acceptors (Lipinski definition) is 5. The molecule has 2 aromatic carbocycles. The number of rotatable bonds is 2. The molecular weight excluding hydrogens is 600 g/mol. The number of nitrogens with zero attached hydrogens (tertiary/aromatic N) is 1. The maximum atomic E-state index is 13.7. The van der Waals surface area contributed by atoms with Gasteiger partial charge in [0, 0.05) is 25.0 Å². The van der Waals surface area contributed by atoms with Crippen molar-refractivity contribution in [3.63, 3.8) is 0 Å². The molecule has 2 aliphatic heterocycles. The first-order valence-electron chi connectivity index (χ1n) is 11.2. The highest BCUT2D eigenvalue weighted by Crippen LogP contribution is 2.68. The molecule has 2 saturated carbocycles. The summed E-state index contributed by atoms with van der Waals surface area (Å²) in [5, 5.41) is 1.15. The minimum Gasteiger partial charge on any atom is -0.307 e. The largest absolute Gasteiger partial charge is 0.307 e. The molecule has 1 aromatic heterocycles. The first-order chi connectivity index (χ1) is 16.4. The summed E-state index contributed by atoms with van der Waals surface area (Å²) in [4.78, 5) is 45.2. The molecule has 9 heteroatoms. The molecule has 3 aromatic rings. The predicted octanol–water partition coefficient (Wildman–Crippen LogP) is 5.64. The normalized spacial score (nSPS) is 33.2. The fourth-order valence-corrected chi connectivity index (χ4v) is 10.3. The highest BCUT2D eigenvalue weighted by molar-refractivity contribution is 9.10. The molecule has 7 atom stereocenters. The minimum absolute atomic E-state index is 0.0410. The Kier molecular flexibility index (Phi) is 4.86. The van der Waals surface area contributed by atoms with Gasteiger partial charge in [-0.05, 0) is 66.1 Å². The van der Waals surface area contributed by atoms with Crippen molar-refractivity contribution >= 4 is 72.5 Å². The number of imide groups is 1. The van der Waals surface area contributed by atoms with Crippen molar-refractivity contribution in [2.24, 2.45) is 29.6 Å². The molecule has 3 fully saturated rings. The molecule has 7 rings (SSSR count). The maximum Gasteiger partial charge on any atom is 0.305 e. The lowest BCUT2D eigenvalue weighted by molar-refractivity contribution is -0.123. The van der Waals surface area contributed by atoms with Crippen LogP contribution in [-0.4, -0.2) is 22.0 Å². The Morgan fingerprint density at radius 1 is 0.853 bits per heavy atom. The molecule has 0 radical (unpaired) electrons. The molecule has 2 amide bonds. The van der Waals surface area contributed by atoms with Crippen LogP contribution >= 0.6 is 55.0 Å². The van der Waals surface area contributed by atoms with Gasteiger partial charge >= 0.3 is 4.87 Å². The van der Waals surface area contributed by atoms with E-state index in [9.17, 15) is 14.4 Å². The van der Waals surface area contributed by atoms with Gasteiger partial charge in [0.05, 0.1) is 22.5 Å². The van der Waals surface area contributed by atoms with Crippen LogP contribution in [0.5, 0.6) is 0 Å². The molecule has 34 heavy (non-hydrogen) atoms. The molecular formula is C25H18Br2N2O3S2. The summed E-state index contributed by atoms with van der Waals surface area (Å²) in [7, 11) is 0. The standard InChI is InChI=1S/C25H18Br2N2O3S2/c26-11-3-1-10(2-4-11)16-17-14-9-15(20(17)33-22-21(16)34-25(32)28-22)19-18(14)23(30)29(24(19)31)13-7-5-12(27)6-8-13/h1-8,14-20H,9H2,(H,28,32)/t14-,15-,16?,17?,18?,19?,20?/m1/s1. The number of halogens is 2. The van der Waals surface area contributed by atoms with E-state index in [1.165, 1.54) is 21.8 Å². The molecule has 0 spiro atoms. The molecule has 4 aliphatic rings. The minimum atomic E-state index is -0.279. The van der Waals surface area contributed by atoms with Gasteiger partial charge in [-0.15, -0.1) is 11.8 Å². The monoisotopic (exact) mass is 616 g/mol. The van der Waals surface area contributed by atoms with Crippen molar-refractivity contribution in [2.75, 3.05) is 4.90 Å². The fraction of sp³-hybridized carbons (Fsp3) is 0.320. The topological polar surface area (TPSA) is 70.2 Å². The van der Waals surface area contributed by atoms with E-state index in [-0.39, 0.29) is 57.4 Å². The SMILES string of the molecule is O=C1C2C(C(=O)N1c1ccc(Br)cc1)[C@@H]1C[C@H]2C2Sc3[nH]c(=O)sc3C(c3ccc(Br)cc3)C21. The number of amides is 2. The highest BCUT2D eigenvalue weighted by atomic mass is 79.9. The van der Waals surface area contributed by atoms with E-state index >= 15 is 0 Å². The molecule has 3 heterocycles. The van der Waals surface area contributed by atoms with Crippen LogP contribution in [-0.2, 0) is 9.59 Å². The number of hydrogen-bond donors (Lipinski definition) is 1. The Morgan fingerprint density at radius 2 is 1.47 bits per heavy atom. The Balaban J connectivity index is 1.32. The summed E-state index contributed by atoms with van der Waals surface area (Å²) in [6.45, 7) is 0. The third-order valence-corrected chi connectivity index (χ3v) is 11.7. The van der Waals surface area contributed by atoms with Crippen LogP contribution in [0.2, 0.25) is 0 Å². The van der Waals surface area contributed by atoms with Gasteiger partial charge in [-0.2, -0.15) is 0 Å². The number of thioether (sulfide) groups is 1. The second kappa shape index (κ2) is 7.66. The van der Waals surface area contributed by atoms with E-state index in [4.69, 9.17) is 0 Å². The number of H-pyrrole nitrogens is 1. The lowest BCUT2D eigenvalue weighted by atomic mass is 9.68. The Hall–Kier alpha value is -1.68. The Morgan fingerprint density at radius 3 is 2.15 bits per heavy atom. The summed E-state index contributed by atoms with van der Waals surface area (Å²) in [6.07, 6.45) is 0.898. The predicted molar refractivity (Wildman–Crippen MR) is 139 cm³/mol. The van der Waals surface area contributed by atoms with Crippen LogP contribution in [0.4, 0.5) is 5.69 Å². The summed E-state index contributed by atoms with van der Waals surface area (Å²) >= 11 is 9.97. The van der Waals surface area contributed by atoms with Gasteiger partial charge in [0.2, 0.25) is 11.8 Å². The van der Waals surface area contributed by atoms with Gasteiger partial charge in [0.15, 0.2) is 0 Å². The number of thiazole rings is 1. The first-order valence-corrected chi connectivity index (χ1v) is 14.5. The first kappa shape index (κ1) is 21.6. The molecule has 1 N–H and O–H groups in total. The van der Waals surface area contributed by atoms with Crippen LogP contribution in [0.1, 0.15) is 22.8 Å². The average molecular weight is 618 g/mol. The van der Waals surface area contributed by atoms with E-state index in [0.29, 0.717) is 5.69 Å². The molecule has 2 bridgehead atoms. The van der Waals surface area contributed by atoms with Crippen molar-refractivity contribution in [3.05, 3.63) is 77.6 Å². The molecule has 2 aliphatic carbocycles. The quantitative estimate of drug-likeness (QED) is 0.378. The van der Waals surface area contributed by atoms with Gasteiger partial charge in [0.25, 0.3) is 0 Å². The molecule has 5 unspecified atom stereocenters. The van der Waals surface area contributed by atoms with Gasteiger partial charge in [-0.1, -0.05) is 55.3 Å². The zero-order valence-electron chi connectivity index (χ0n) is 17.6. The lowest BCUT2D eigenvalue weighted by Crippen LogP contribution is -2.42. The van der Waals surface area contributed by atoms with Crippen molar-refractivity contribution < 1.29 is 9.59 Å². The maximum absolute atomic E-state index is 13.7. The van der Waals surface area contributed by atoms with Gasteiger partial charge in [0.1, 0.15) is 0 Å². The van der Waals surface area contributed by atoms with E-state index in [2.05, 4.69) is 49.0 Å². The number of carbonyl (C=O) groups excluding carboxylic acids is 2. The van der Waals surface area contributed by atoms with Crippen molar-refractivity contribution in [1.82, 2.24) is 4.98 Å². The van der Waals surface area contributed by atoms with Gasteiger partial charge in [-0.3, -0.25) is 19.3 Å². The highest BCUT2D eigenvalue weighted by Gasteiger charge is 2.69. The number of carbonyl (C=O) groups is 2. The number of fused-ring (bicyclic) bond motifs is 9. The second-order valence-electron chi connectivity index (χ2n) is 9.50. The van der Waals surface area contributed by atoms with E-state index in [1.807, 2.05) is 36.4 Å². The summed E-state index contributed by atoms with van der Waals surface area (Å²) < 4.78 is 1.92. The number of aromatic nitrogens is 1. The Labute approximate surface area is 220 Å². The second-order valence-corrected chi connectivity index (χ2v) is 13.5. The summed E-state index contributed by atoms with van der Waals surface area (Å²) in [5.74, 6) is -0.133. The zero-order valence-corrected chi connectivity index (χ0v) is 22.4. The fourth-order valence-electron chi connectivity index (χ4n) is 6.90. The molecule has 172 valence electrons. The van der Waals surface area contributed by atoms with Crippen molar-refractivity contribution in [2.45, 2.75) is 22.6 Å². The van der Waals surface area contributed by atoms with Crippen LogP contribution in [0, 0.1) is 29.6 Å².